The first-order valence-electron chi connectivity index (χ1n) is 4.78. The minimum Gasteiger partial charge on any atom is -0.350 e. The standard InChI is InChI=1S/C10H10Cl2N2O3/c1-6(11)5-13-10(15)9-7(12)3-2-4-8(9)14(16)17/h2-4,6H,5H2,1H3,(H,13,15). The molecule has 0 bridgehead atoms. The van der Waals surface area contributed by atoms with Gasteiger partial charge in [0.2, 0.25) is 0 Å². The number of amides is 1. The third-order valence-corrected chi connectivity index (χ3v) is 2.43. The molecule has 0 aromatic heterocycles. The Morgan fingerprint density at radius 1 is 1.59 bits per heavy atom. The SMILES string of the molecule is CC(Cl)CNC(=O)c1c(Cl)cccc1[N+](=O)[O-]. The molecule has 1 rings (SSSR count). The molecule has 0 saturated carbocycles. The molecule has 5 nitrogen and oxygen atoms in total. The molecule has 7 heteroatoms. The smallest absolute Gasteiger partial charge is 0.283 e. The number of hydrogen-bond acceptors (Lipinski definition) is 3. The maximum Gasteiger partial charge on any atom is 0.283 e. The van der Waals surface area contributed by atoms with Crippen LogP contribution in [0.25, 0.3) is 0 Å². The van der Waals surface area contributed by atoms with Crippen molar-refractivity contribution in [3.8, 4) is 0 Å². The van der Waals surface area contributed by atoms with Gasteiger partial charge in [0.15, 0.2) is 0 Å². The van der Waals surface area contributed by atoms with Crippen LogP contribution in [0.2, 0.25) is 5.02 Å². The second-order valence-electron chi connectivity index (χ2n) is 3.38. The molecule has 0 saturated heterocycles. The van der Waals surface area contributed by atoms with Gasteiger partial charge in [-0.05, 0) is 13.0 Å². The number of benzene rings is 1. The molecular formula is C10H10Cl2N2O3. The summed E-state index contributed by atoms with van der Waals surface area (Å²) < 4.78 is 0. The lowest BCUT2D eigenvalue weighted by Crippen LogP contribution is -2.29. The normalized spacial score (nSPS) is 11.9. The van der Waals surface area contributed by atoms with E-state index in [2.05, 4.69) is 5.32 Å². The summed E-state index contributed by atoms with van der Waals surface area (Å²) in [5.41, 5.74) is -0.464. The number of nitrogens with zero attached hydrogens (tertiary/aromatic N) is 1. The second-order valence-corrected chi connectivity index (χ2v) is 4.53. The highest BCUT2D eigenvalue weighted by Crippen LogP contribution is 2.25. The van der Waals surface area contributed by atoms with Crippen LogP contribution in [-0.4, -0.2) is 22.8 Å². The van der Waals surface area contributed by atoms with Gasteiger partial charge in [0.25, 0.3) is 11.6 Å². The molecular weight excluding hydrogens is 267 g/mol. The summed E-state index contributed by atoms with van der Waals surface area (Å²) in [6.07, 6.45) is 0. The number of nitro groups is 1. The fourth-order valence-electron chi connectivity index (χ4n) is 1.21. The number of nitrogens with one attached hydrogen (secondary N) is 1. The Bertz CT molecular complexity index is 449. The Morgan fingerprint density at radius 2 is 2.24 bits per heavy atom. The van der Waals surface area contributed by atoms with Crippen molar-refractivity contribution < 1.29 is 9.72 Å². The number of nitro benzene ring substituents is 1. The number of rotatable bonds is 4. The van der Waals surface area contributed by atoms with Crippen molar-refractivity contribution in [2.75, 3.05) is 6.54 Å². The molecule has 0 fully saturated rings. The van der Waals surface area contributed by atoms with E-state index < -0.39 is 10.8 Å². The van der Waals surface area contributed by atoms with E-state index in [0.29, 0.717) is 0 Å². The number of carbonyl (C=O) groups excluding carboxylic acids is 1. The van der Waals surface area contributed by atoms with Gasteiger partial charge in [0.1, 0.15) is 5.56 Å². The van der Waals surface area contributed by atoms with Crippen LogP contribution in [0.5, 0.6) is 0 Å². The van der Waals surface area contributed by atoms with Crippen molar-refractivity contribution in [2.45, 2.75) is 12.3 Å². The van der Waals surface area contributed by atoms with E-state index in [9.17, 15) is 14.9 Å². The molecule has 0 aliphatic heterocycles. The van der Waals surface area contributed by atoms with Gasteiger partial charge in [-0.3, -0.25) is 14.9 Å². The van der Waals surface area contributed by atoms with Crippen LogP contribution in [-0.2, 0) is 0 Å². The van der Waals surface area contributed by atoms with Crippen LogP contribution >= 0.6 is 23.2 Å². The van der Waals surface area contributed by atoms with Gasteiger partial charge in [0.05, 0.1) is 9.95 Å². The first kappa shape index (κ1) is 13.7. The summed E-state index contributed by atoms with van der Waals surface area (Å²) in [6, 6.07) is 4.07. The van der Waals surface area contributed by atoms with Gasteiger partial charge >= 0.3 is 0 Å². The fourth-order valence-corrected chi connectivity index (χ4v) is 1.54. The molecule has 92 valence electrons. The lowest BCUT2D eigenvalue weighted by atomic mass is 10.1. The van der Waals surface area contributed by atoms with Crippen LogP contribution in [0, 0.1) is 10.1 Å². The summed E-state index contributed by atoms with van der Waals surface area (Å²) in [6.45, 7) is 1.91. The maximum absolute atomic E-state index is 11.7. The van der Waals surface area contributed by atoms with E-state index in [1.165, 1.54) is 18.2 Å². The minimum atomic E-state index is -0.648. The highest BCUT2D eigenvalue weighted by atomic mass is 35.5. The zero-order chi connectivity index (χ0) is 13.0. The molecule has 1 aromatic rings. The van der Waals surface area contributed by atoms with Crippen molar-refractivity contribution in [3.05, 3.63) is 38.9 Å². The van der Waals surface area contributed by atoms with Gasteiger partial charge in [-0.25, -0.2) is 0 Å². The highest BCUT2D eigenvalue weighted by Gasteiger charge is 2.23. The lowest BCUT2D eigenvalue weighted by Gasteiger charge is -2.08. The zero-order valence-electron chi connectivity index (χ0n) is 8.94. The van der Waals surface area contributed by atoms with Gasteiger partial charge < -0.3 is 5.32 Å². The molecule has 1 atom stereocenters. The highest BCUT2D eigenvalue weighted by molar-refractivity contribution is 6.34. The van der Waals surface area contributed by atoms with Crippen LogP contribution < -0.4 is 5.32 Å². The van der Waals surface area contributed by atoms with E-state index >= 15 is 0 Å². The fraction of sp³-hybridized carbons (Fsp3) is 0.300. The third kappa shape index (κ3) is 3.57. The molecule has 17 heavy (non-hydrogen) atoms. The van der Waals surface area contributed by atoms with E-state index in [4.69, 9.17) is 23.2 Å². The Kier molecular flexibility index (Phi) is 4.72. The number of alkyl halides is 1. The van der Waals surface area contributed by atoms with E-state index in [0.717, 1.165) is 0 Å². The predicted molar refractivity (Wildman–Crippen MR) is 65.8 cm³/mol. The topological polar surface area (TPSA) is 72.2 Å². The average Bonchev–Trinajstić information content (AvgIpc) is 2.25. The molecule has 0 heterocycles. The van der Waals surface area contributed by atoms with Gasteiger partial charge in [-0.15, -0.1) is 11.6 Å². The van der Waals surface area contributed by atoms with Crippen molar-refractivity contribution >= 4 is 34.8 Å². The molecule has 1 N–H and O–H groups in total. The summed E-state index contributed by atoms with van der Waals surface area (Å²) in [7, 11) is 0. The number of hydrogen-bond donors (Lipinski definition) is 1. The van der Waals surface area contributed by atoms with Crippen LogP contribution in [0.1, 0.15) is 17.3 Å². The number of halogens is 2. The summed E-state index contributed by atoms with van der Waals surface area (Å²) >= 11 is 11.5. The Labute approximate surface area is 108 Å². The van der Waals surface area contributed by atoms with Crippen molar-refractivity contribution in [1.82, 2.24) is 5.32 Å². The van der Waals surface area contributed by atoms with Crippen LogP contribution in [0.3, 0.4) is 0 Å². The van der Waals surface area contributed by atoms with Crippen LogP contribution in [0.15, 0.2) is 18.2 Å². The van der Waals surface area contributed by atoms with Gasteiger partial charge in [-0.1, -0.05) is 17.7 Å². The Hall–Kier alpha value is -1.33. The third-order valence-electron chi connectivity index (χ3n) is 1.96. The van der Waals surface area contributed by atoms with E-state index in [-0.39, 0.29) is 28.2 Å². The lowest BCUT2D eigenvalue weighted by molar-refractivity contribution is -0.385. The predicted octanol–water partition coefficient (Wildman–Crippen LogP) is 2.61. The monoisotopic (exact) mass is 276 g/mol. The van der Waals surface area contributed by atoms with E-state index in [1.54, 1.807) is 6.92 Å². The number of carbonyl (C=O) groups is 1. The Morgan fingerprint density at radius 3 is 2.76 bits per heavy atom. The maximum atomic E-state index is 11.7. The van der Waals surface area contributed by atoms with E-state index in [1.807, 2.05) is 0 Å². The minimum absolute atomic E-state index is 0.0407. The second kappa shape index (κ2) is 5.84. The molecule has 0 spiro atoms. The molecule has 1 unspecified atom stereocenters. The molecule has 0 aliphatic rings. The zero-order valence-corrected chi connectivity index (χ0v) is 10.5. The van der Waals surface area contributed by atoms with Crippen LogP contribution in [0.4, 0.5) is 5.69 Å². The molecule has 0 aliphatic carbocycles. The molecule has 0 radical (unpaired) electrons. The van der Waals surface area contributed by atoms with Crippen molar-refractivity contribution in [3.63, 3.8) is 0 Å². The van der Waals surface area contributed by atoms with Gasteiger partial charge in [-0.2, -0.15) is 0 Å². The molecule has 1 aromatic carbocycles. The first-order valence-corrected chi connectivity index (χ1v) is 5.60. The summed E-state index contributed by atoms with van der Waals surface area (Å²) in [5, 5.41) is 13.0. The van der Waals surface area contributed by atoms with Crippen molar-refractivity contribution in [2.24, 2.45) is 0 Å². The van der Waals surface area contributed by atoms with Crippen molar-refractivity contribution in [1.29, 1.82) is 0 Å². The largest absolute Gasteiger partial charge is 0.350 e. The quantitative estimate of drug-likeness (QED) is 0.522. The first-order chi connectivity index (χ1) is 7.93. The summed E-state index contributed by atoms with van der Waals surface area (Å²) in [4.78, 5) is 21.8. The Balaban J connectivity index is 3.03. The summed E-state index contributed by atoms with van der Waals surface area (Å²) in [5.74, 6) is -0.602. The average molecular weight is 277 g/mol. The van der Waals surface area contributed by atoms with Gasteiger partial charge in [0, 0.05) is 18.0 Å². The molecule has 1 amide bonds.